The van der Waals surface area contributed by atoms with E-state index >= 15 is 0 Å². The number of aromatic nitrogens is 1. The van der Waals surface area contributed by atoms with Gasteiger partial charge in [-0.1, -0.05) is 72.7 Å². The molecule has 10 heteroatoms. The molecule has 1 amide bonds. The minimum atomic E-state index is -0.537. The van der Waals surface area contributed by atoms with Gasteiger partial charge in [-0.2, -0.15) is 0 Å². The van der Waals surface area contributed by atoms with E-state index in [0.717, 1.165) is 17.5 Å². The van der Waals surface area contributed by atoms with Crippen LogP contribution >= 0.6 is 33.5 Å². The molecular formula is C19H24N4O3S3. The Balaban J connectivity index is 2.01. The fourth-order valence-electron chi connectivity index (χ4n) is 2.08. The Hall–Kier alpha value is -1.75. The smallest absolute Gasteiger partial charge is 0.302 e. The average Bonchev–Trinajstić information content (AvgIpc) is 2.68. The molecule has 0 spiro atoms. The Bertz CT molecular complexity index is 816. The highest BCUT2D eigenvalue weighted by molar-refractivity contribution is 8.77. The highest BCUT2D eigenvalue weighted by Gasteiger charge is 2.23. The van der Waals surface area contributed by atoms with Crippen LogP contribution < -0.4 is 10.0 Å². The van der Waals surface area contributed by atoms with Crippen LogP contribution in [0.4, 0.5) is 5.69 Å². The number of nitro groups is 1. The SMILES string of the molecule is CC(C)(C)SSCC(NSc1ncccc1[N+](=O)[O-])C(=O)NCc1ccccc1. The largest absolute Gasteiger partial charge is 0.351 e. The van der Waals surface area contributed by atoms with E-state index in [0.29, 0.717) is 12.3 Å². The van der Waals surface area contributed by atoms with Gasteiger partial charge in [0.05, 0.1) is 4.92 Å². The Morgan fingerprint density at radius 2 is 1.93 bits per heavy atom. The predicted molar refractivity (Wildman–Crippen MR) is 122 cm³/mol. The van der Waals surface area contributed by atoms with Crippen molar-refractivity contribution in [3.8, 4) is 0 Å². The molecule has 0 aliphatic carbocycles. The lowest BCUT2D eigenvalue weighted by Gasteiger charge is -2.20. The fraction of sp³-hybridized carbons (Fsp3) is 0.368. The monoisotopic (exact) mass is 452 g/mol. The maximum atomic E-state index is 12.7. The number of rotatable bonds is 10. The van der Waals surface area contributed by atoms with Gasteiger partial charge in [0.25, 0.3) is 0 Å². The first-order valence-electron chi connectivity index (χ1n) is 8.90. The lowest BCUT2D eigenvalue weighted by atomic mass is 10.2. The fourth-order valence-corrected chi connectivity index (χ4v) is 5.45. The summed E-state index contributed by atoms with van der Waals surface area (Å²) in [7, 11) is 3.28. The second-order valence-corrected chi connectivity index (χ2v) is 11.0. The van der Waals surface area contributed by atoms with Crippen molar-refractivity contribution in [1.29, 1.82) is 0 Å². The quantitative estimate of drug-likeness (QED) is 0.236. The summed E-state index contributed by atoms with van der Waals surface area (Å²) in [5, 5.41) is 14.3. The Labute approximate surface area is 182 Å². The number of pyridine rings is 1. The zero-order valence-corrected chi connectivity index (χ0v) is 18.9. The second kappa shape index (κ2) is 11.4. The normalized spacial score (nSPS) is 12.4. The van der Waals surface area contributed by atoms with Crippen molar-refractivity contribution in [2.75, 3.05) is 5.75 Å². The summed E-state index contributed by atoms with van der Waals surface area (Å²) in [6, 6.07) is 12.0. The zero-order chi connectivity index (χ0) is 21.3. The lowest BCUT2D eigenvalue weighted by molar-refractivity contribution is -0.388. The van der Waals surface area contributed by atoms with Crippen LogP contribution in [0.1, 0.15) is 26.3 Å². The first kappa shape index (κ1) is 23.5. The lowest BCUT2D eigenvalue weighted by Crippen LogP contribution is -2.43. The van der Waals surface area contributed by atoms with Crippen molar-refractivity contribution in [2.45, 2.75) is 43.1 Å². The third-order valence-corrected chi connectivity index (χ3v) is 7.67. The average molecular weight is 453 g/mol. The van der Waals surface area contributed by atoms with Crippen LogP contribution in [0.3, 0.4) is 0 Å². The molecule has 2 rings (SSSR count). The van der Waals surface area contributed by atoms with Gasteiger partial charge in [-0.05, 0) is 23.6 Å². The summed E-state index contributed by atoms with van der Waals surface area (Å²) in [4.78, 5) is 27.5. The molecule has 1 unspecified atom stereocenters. The van der Waals surface area contributed by atoms with Crippen LogP contribution in [0.2, 0.25) is 0 Å². The van der Waals surface area contributed by atoms with E-state index in [2.05, 4.69) is 35.8 Å². The topological polar surface area (TPSA) is 97.2 Å². The van der Waals surface area contributed by atoms with Gasteiger partial charge in [0, 0.05) is 29.3 Å². The molecule has 0 radical (unpaired) electrons. The summed E-state index contributed by atoms with van der Waals surface area (Å²) >= 11 is 1.01. The van der Waals surface area contributed by atoms with Gasteiger partial charge in [0.2, 0.25) is 5.91 Å². The van der Waals surface area contributed by atoms with E-state index < -0.39 is 11.0 Å². The highest BCUT2D eigenvalue weighted by atomic mass is 33.1. The van der Waals surface area contributed by atoms with Crippen molar-refractivity contribution in [3.63, 3.8) is 0 Å². The summed E-state index contributed by atoms with van der Waals surface area (Å²) in [6.07, 6.45) is 1.49. The number of nitrogens with zero attached hydrogens (tertiary/aromatic N) is 2. The second-order valence-electron chi connectivity index (χ2n) is 7.04. The molecule has 1 heterocycles. The molecular weight excluding hydrogens is 428 g/mol. The third kappa shape index (κ3) is 8.65. The maximum Gasteiger partial charge on any atom is 0.302 e. The number of carbonyl (C=O) groups excluding carboxylic acids is 1. The maximum absolute atomic E-state index is 12.7. The molecule has 7 nitrogen and oxygen atoms in total. The van der Waals surface area contributed by atoms with E-state index in [9.17, 15) is 14.9 Å². The molecule has 0 aliphatic rings. The van der Waals surface area contributed by atoms with Crippen molar-refractivity contribution in [3.05, 3.63) is 64.3 Å². The summed E-state index contributed by atoms with van der Waals surface area (Å²) in [6.45, 7) is 6.74. The van der Waals surface area contributed by atoms with Crippen LogP contribution in [-0.2, 0) is 11.3 Å². The molecule has 0 fully saturated rings. The van der Waals surface area contributed by atoms with E-state index in [1.807, 2.05) is 30.3 Å². The van der Waals surface area contributed by atoms with Crippen molar-refractivity contribution >= 4 is 45.1 Å². The van der Waals surface area contributed by atoms with Gasteiger partial charge in [-0.25, -0.2) is 9.71 Å². The van der Waals surface area contributed by atoms with Crippen molar-refractivity contribution in [1.82, 2.24) is 15.0 Å². The molecule has 2 aromatic rings. The molecule has 0 bridgehead atoms. The molecule has 1 atom stereocenters. The third-order valence-electron chi connectivity index (χ3n) is 3.42. The molecule has 0 aliphatic heterocycles. The van der Waals surface area contributed by atoms with E-state index in [1.54, 1.807) is 21.6 Å². The van der Waals surface area contributed by atoms with Crippen LogP contribution in [0.15, 0.2) is 53.7 Å². The van der Waals surface area contributed by atoms with Gasteiger partial charge in [-0.15, -0.1) is 0 Å². The molecule has 0 saturated heterocycles. The molecule has 1 aromatic heterocycles. The van der Waals surface area contributed by atoms with E-state index in [-0.39, 0.29) is 21.4 Å². The molecule has 156 valence electrons. The minimum absolute atomic E-state index is 0.0582. The predicted octanol–water partition coefficient (Wildman–Crippen LogP) is 4.45. The highest BCUT2D eigenvalue weighted by Crippen LogP contribution is 2.35. The molecule has 2 N–H and O–H groups in total. The van der Waals surface area contributed by atoms with Gasteiger partial charge in [-0.3, -0.25) is 14.9 Å². The number of hydrogen-bond donors (Lipinski definition) is 2. The van der Waals surface area contributed by atoms with E-state index in [4.69, 9.17) is 0 Å². The standard InChI is InChI=1S/C19H24N4O3S3/c1-19(2,3)29-27-13-15(17(24)21-12-14-8-5-4-6-9-14)22-28-18-16(23(25)26)10-7-11-20-18/h4-11,15,22H,12-13H2,1-3H3,(H,21,24). The molecule has 0 saturated carbocycles. The van der Waals surface area contributed by atoms with Crippen molar-refractivity contribution in [2.24, 2.45) is 0 Å². The number of nitrogens with one attached hydrogen (secondary N) is 2. The first-order chi connectivity index (χ1) is 13.8. The zero-order valence-electron chi connectivity index (χ0n) is 16.5. The minimum Gasteiger partial charge on any atom is -0.351 e. The molecule has 29 heavy (non-hydrogen) atoms. The van der Waals surface area contributed by atoms with Crippen molar-refractivity contribution < 1.29 is 9.72 Å². The van der Waals surface area contributed by atoms with E-state index in [1.165, 1.54) is 18.3 Å². The number of benzene rings is 1. The van der Waals surface area contributed by atoms with Crippen LogP contribution in [0.5, 0.6) is 0 Å². The van der Waals surface area contributed by atoms with Crippen LogP contribution in [0, 0.1) is 10.1 Å². The van der Waals surface area contributed by atoms with Gasteiger partial charge in [0.1, 0.15) is 6.04 Å². The van der Waals surface area contributed by atoms with Gasteiger partial charge in [0.15, 0.2) is 5.03 Å². The van der Waals surface area contributed by atoms with Gasteiger partial charge >= 0.3 is 5.69 Å². The Morgan fingerprint density at radius 3 is 2.59 bits per heavy atom. The number of amides is 1. The Morgan fingerprint density at radius 1 is 1.21 bits per heavy atom. The Kier molecular flexibility index (Phi) is 9.28. The van der Waals surface area contributed by atoms with Crippen LogP contribution in [0.25, 0.3) is 0 Å². The summed E-state index contributed by atoms with van der Waals surface area (Å²) < 4.78 is 3.12. The van der Waals surface area contributed by atoms with Crippen LogP contribution in [-0.4, -0.2) is 32.4 Å². The summed E-state index contributed by atoms with van der Waals surface area (Å²) in [5.41, 5.74) is 0.912. The summed E-state index contributed by atoms with van der Waals surface area (Å²) in [5.74, 6) is 0.345. The molecule has 1 aromatic carbocycles. The number of hydrogen-bond acceptors (Lipinski definition) is 8. The first-order valence-corrected chi connectivity index (χ1v) is 12.0. The number of carbonyl (C=O) groups is 1. The van der Waals surface area contributed by atoms with Gasteiger partial charge < -0.3 is 5.32 Å².